The van der Waals surface area contributed by atoms with Gasteiger partial charge in [0.1, 0.15) is 0 Å². The summed E-state index contributed by atoms with van der Waals surface area (Å²) in [5, 5.41) is 7.07. The number of anilines is 6. The fraction of sp³-hybridized carbons (Fsp3) is 0.0395. The molecule has 0 aliphatic carbocycles. The molecular weight excluding hydrogens is 999 g/mol. The average Bonchev–Trinajstić information content (AvgIpc) is 3.60. The van der Waals surface area contributed by atoms with Crippen molar-refractivity contribution in [3.05, 3.63) is 307 Å². The van der Waals surface area contributed by atoms with E-state index in [1.54, 1.807) is 0 Å². The van der Waals surface area contributed by atoms with Crippen molar-refractivity contribution in [1.29, 1.82) is 0 Å². The Hall–Kier alpha value is -10.7. The molecule has 388 valence electrons. The largest absolute Gasteiger partial charge is 0.310 e. The molecule has 0 fully saturated rings. The molecule has 0 spiro atoms. The van der Waals surface area contributed by atoms with Gasteiger partial charge >= 0.3 is 0 Å². The molecule has 0 saturated carbocycles. The predicted octanol–water partition coefficient (Wildman–Crippen LogP) is 19.8. The molecule has 4 heterocycles. The quantitative estimate of drug-likeness (QED) is 0.135. The smallest absolute Gasteiger partial charge is 0.193 e. The van der Waals surface area contributed by atoms with Crippen LogP contribution in [0.4, 0.5) is 34.1 Å². The summed E-state index contributed by atoms with van der Waals surface area (Å²) in [6.07, 6.45) is 0. The summed E-state index contributed by atoms with van der Waals surface area (Å²) in [6.45, 7) is 4.59. The number of benzene rings is 12. The molecule has 16 rings (SSSR count). The lowest BCUT2D eigenvalue weighted by molar-refractivity contribution is 0.103. The van der Waals surface area contributed by atoms with Crippen LogP contribution in [0.3, 0.4) is 0 Å². The highest BCUT2D eigenvalue weighted by molar-refractivity contribution is 6.16. The van der Waals surface area contributed by atoms with Crippen molar-refractivity contribution in [2.45, 2.75) is 19.3 Å². The summed E-state index contributed by atoms with van der Waals surface area (Å²) in [4.78, 5) is 19.2. The lowest BCUT2D eigenvalue weighted by Crippen LogP contribution is -2.30. The molecule has 0 saturated heterocycles. The van der Waals surface area contributed by atoms with Crippen LogP contribution in [-0.4, -0.2) is 19.5 Å². The van der Waals surface area contributed by atoms with Gasteiger partial charge in [-0.3, -0.25) is 4.79 Å². The first-order chi connectivity index (χ1) is 40.4. The molecule has 0 amide bonds. The van der Waals surface area contributed by atoms with E-state index < -0.39 is 0 Å². The molecule has 0 unspecified atom stereocenters. The second-order valence-corrected chi connectivity index (χ2v) is 22.1. The van der Waals surface area contributed by atoms with E-state index in [0.29, 0.717) is 11.1 Å². The molecule has 1 aliphatic rings. The third kappa shape index (κ3) is 7.24. The van der Waals surface area contributed by atoms with Gasteiger partial charge in [-0.05, 0) is 169 Å². The minimum atomic E-state index is -0.151. The van der Waals surface area contributed by atoms with Gasteiger partial charge in [0.25, 0.3) is 0 Å². The number of carbonyl (C=O) groups excluding carboxylic acids is 1. The van der Waals surface area contributed by atoms with E-state index in [1.807, 2.05) is 18.2 Å². The van der Waals surface area contributed by atoms with Crippen molar-refractivity contribution >= 4 is 105 Å². The lowest BCUT2D eigenvalue weighted by atomic mass is 9.73. The molecule has 0 bridgehead atoms. The summed E-state index contributed by atoms with van der Waals surface area (Å²) < 4.78 is 7.05. The third-order valence-electron chi connectivity index (χ3n) is 17.2. The Balaban J connectivity index is 0.758. The Bertz CT molecular complexity index is 4710. The number of carbonyl (C=O) groups is 1. The normalized spacial score (nSPS) is 12.9. The van der Waals surface area contributed by atoms with E-state index in [9.17, 15) is 4.79 Å². The Labute approximate surface area is 474 Å². The second-order valence-electron chi connectivity index (χ2n) is 22.1. The van der Waals surface area contributed by atoms with Crippen molar-refractivity contribution in [2.24, 2.45) is 0 Å². The van der Waals surface area contributed by atoms with Gasteiger partial charge in [-0.15, -0.1) is 0 Å². The zero-order valence-electron chi connectivity index (χ0n) is 45.3. The van der Waals surface area contributed by atoms with E-state index in [4.69, 9.17) is 0 Å². The van der Waals surface area contributed by atoms with Crippen LogP contribution >= 0.6 is 0 Å². The fourth-order valence-corrected chi connectivity index (χ4v) is 13.4. The maximum atomic E-state index is 14.5. The van der Waals surface area contributed by atoms with Crippen LogP contribution in [0.2, 0.25) is 0 Å². The van der Waals surface area contributed by atoms with Gasteiger partial charge in [0, 0.05) is 88.7 Å². The zero-order valence-corrected chi connectivity index (χ0v) is 45.3. The summed E-state index contributed by atoms with van der Waals surface area (Å²) >= 11 is 0. The van der Waals surface area contributed by atoms with Crippen LogP contribution in [-0.2, 0) is 5.41 Å². The molecule has 0 atom stereocenters. The molecule has 82 heavy (non-hydrogen) atoms. The van der Waals surface area contributed by atoms with E-state index in [2.05, 4.69) is 304 Å². The topological polar surface area (TPSA) is 38.3 Å². The molecule has 0 radical (unpaired) electrons. The summed E-state index contributed by atoms with van der Waals surface area (Å²) in [5.41, 5.74) is 20.2. The minimum absolute atomic E-state index is 0.0125. The van der Waals surface area contributed by atoms with Gasteiger partial charge in [-0.1, -0.05) is 141 Å². The standard InChI is InChI=1S/C76H53N5O/c1-76(2)65-22-8-15-29-73(65)81(74-30-16-9-23-66(74)76)55-34-31-50(32-35-55)75(82)51-33-48-72-64(49-51)63-21-7-14-28-71(63)80(72)58-46-40-54(41-47-58)77(52-36-42-56(43-37-52)78-67-24-10-3-17-59(67)60-18-4-11-25-68(60)78)53-38-44-57(45-39-53)79-69-26-12-5-19-61(69)62-20-6-13-27-70(62)79/h3-49H,1-2H3. The number of nitrogens with zero attached hydrogens (tertiary/aromatic N) is 5. The van der Waals surface area contributed by atoms with E-state index >= 15 is 0 Å². The van der Waals surface area contributed by atoms with Gasteiger partial charge in [0.05, 0.1) is 44.5 Å². The molecular formula is C76H53N5O. The summed E-state index contributed by atoms with van der Waals surface area (Å²) in [6, 6.07) is 102. The van der Waals surface area contributed by atoms with Gasteiger partial charge in [0.2, 0.25) is 0 Å². The Morgan fingerprint density at radius 3 is 1.00 bits per heavy atom. The number of hydrogen-bond donors (Lipinski definition) is 0. The van der Waals surface area contributed by atoms with E-state index in [1.165, 1.54) is 54.7 Å². The van der Waals surface area contributed by atoms with Crippen LogP contribution in [0.25, 0.3) is 82.5 Å². The van der Waals surface area contributed by atoms with E-state index in [-0.39, 0.29) is 11.2 Å². The molecule has 12 aromatic carbocycles. The maximum absolute atomic E-state index is 14.5. The van der Waals surface area contributed by atoms with Crippen LogP contribution < -0.4 is 9.80 Å². The van der Waals surface area contributed by atoms with Crippen LogP contribution in [0.1, 0.15) is 40.9 Å². The third-order valence-corrected chi connectivity index (χ3v) is 17.2. The summed E-state index contributed by atoms with van der Waals surface area (Å²) in [5.74, 6) is -0.0125. The first-order valence-corrected chi connectivity index (χ1v) is 28.1. The van der Waals surface area contributed by atoms with Gasteiger partial charge in [-0.25, -0.2) is 0 Å². The number of fused-ring (bicyclic) bond motifs is 11. The highest BCUT2D eigenvalue weighted by Gasteiger charge is 2.36. The number of ketones is 1. The highest BCUT2D eigenvalue weighted by Crippen LogP contribution is 2.52. The Morgan fingerprint density at radius 2 is 0.610 bits per heavy atom. The van der Waals surface area contributed by atoms with Gasteiger partial charge in [0.15, 0.2) is 5.78 Å². The number of para-hydroxylation sites is 7. The maximum Gasteiger partial charge on any atom is 0.193 e. The number of aromatic nitrogens is 3. The average molecular weight is 1050 g/mol. The molecule has 3 aromatic heterocycles. The second kappa shape index (κ2) is 18.4. The van der Waals surface area contributed by atoms with Crippen molar-refractivity contribution in [2.75, 3.05) is 9.80 Å². The number of rotatable bonds is 9. The zero-order chi connectivity index (χ0) is 54.6. The lowest BCUT2D eigenvalue weighted by Gasteiger charge is -2.42. The molecule has 6 nitrogen and oxygen atoms in total. The van der Waals surface area contributed by atoms with E-state index in [0.717, 1.165) is 73.0 Å². The molecule has 1 aliphatic heterocycles. The Morgan fingerprint density at radius 1 is 0.305 bits per heavy atom. The minimum Gasteiger partial charge on any atom is -0.310 e. The van der Waals surface area contributed by atoms with Crippen molar-refractivity contribution in [3.8, 4) is 17.1 Å². The molecule has 6 heteroatoms. The SMILES string of the molecule is CC1(C)c2ccccc2N(c2ccc(C(=O)c3ccc4c(c3)c3ccccc3n4-c3ccc(N(c4ccc(-n5c6ccccc6c6ccccc65)cc4)c4ccc(-n5c6ccccc6c6ccccc65)cc4)cc3)cc2)c2ccccc21. The summed E-state index contributed by atoms with van der Waals surface area (Å²) in [7, 11) is 0. The van der Waals surface area contributed by atoms with Crippen LogP contribution in [0.5, 0.6) is 0 Å². The molecule has 15 aromatic rings. The first-order valence-electron chi connectivity index (χ1n) is 28.1. The highest BCUT2D eigenvalue weighted by atomic mass is 16.1. The number of hydrogen-bond acceptors (Lipinski definition) is 3. The first kappa shape index (κ1) is 47.3. The van der Waals surface area contributed by atoms with Gasteiger partial charge < -0.3 is 23.5 Å². The van der Waals surface area contributed by atoms with Crippen LogP contribution in [0.15, 0.2) is 285 Å². The fourth-order valence-electron chi connectivity index (χ4n) is 13.4. The molecule has 0 N–H and O–H groups in total. The van der Waals surface area contributed by atoms with Crippen molar-refractivity contribution in [1.82, 2.24) is 13.7 Å². The Kier molecular flexibility index (Phi) is 10.6. The van der Waals surface area contributed by atoms with Crippen molar-refractivity contribution < 1.29 is 4.79 Å². The van der Waals surface area contributed by atoms with Gasteiger partial charge in [-0.2, -0.15) is 0 Å². The van der Waals surface area contributed by atoms with Crippen LogP contribution in [0, 0.1) is 0 Å². The predicted molar refractivity (Wildman–Crippen MR) is 341 cm³/mol. The van der Waals surface area contributed by atoms with Crippen molar-refractivity contribution in [3.63, 3.8) is 0 Å². The monoisotopic (exact) mass is 1050 g/mol.